The second-order valence-corrected chi connectivity index (χ2v) is 5.02. The Labute approximate surface area is 140 Å². The van der Waals surface area contributed by atoms with Crippen LogP contribution in [0.4, 0.5) is 45.2 Å². The average molecular weight is 389 g/mol. The Morgan fingerprint density at radius 2 is 1.12 bits per heavy atom. The molecule has 0 radical (unpaired) electrons. The first-order valence-corrected chi connectivity index (χ1v) is 6.63. The maximum Gasteiger partial charge on any atom is 0.420 e. The van der Waals surface area contributed by atoms with Gasteiger partial charge in [-0.15, -0.1) is 0 Å². The fourth-order valence-electron chi connectivity index (χ4n) is 2.11. The standard InChI is InChI=1S/C15H8F9NO/c16-13(17,18)7-1-3-8(4-2-7)26-10-6-5-9(25)11(14(19,20)21)12(10)15(22,23)24/h1-6H,25H2. The van der Waals surface area contributed by atoms with E-state index in [1.165, 1.54) is 0 Å². The van der Waals surface area contributed by atoms with E-state index < -0.39 is 52.4 Å². The molecule has 0 atom stereocenters. The van der Waals surface area contributed by atoms with Crippen LogP contribution in [0.25, 0.3) is 0 Å². The molecular formula is C15H8F9NO. The van der Waals surface area contributed by atoms with E-state index in [1.807, 2.05) is 0 Å². The number of anilines is 1. The van der Waals surface area contributed by atoms with Crippen LogP contribution in [-0.2, 0) is 18.5 Å². The first-order chi connectivity index (χ1) is 11.7. The van der Waals surface area contributed by atoms with Gasteiger partial charge in [0.2, 0.25) is 0 Å². The largest absolute Gasteiger partial charge is 0.457 e. The Morgan fingerprint density at radius 3 is 1.54 bits per heavy atom. The van der Waals surface area contributed by atoms with Crippen LogP contribution in [-0.4, -0.2) is 0 Å². The first-order valence-electron chi connectivity index (χ1n) is 6.63. The van der Waals surface area contributed by atoms with Crippen molar-refractivity contribution in [3.8, 4) is 11.5 Å². The van der Waals surface area contributed by atoms with Crippen LogP contribution < -0.4 is 10.5 Å². The van der Waals surface area contributed by atoms with E-state index in [2.05, 4.69) is 0 Å². The lowest BCUT2D eigenvalue weighted by molar-refractivity contribution is -0.162. The number of nitrogens with two attached hydrogens (primary N) is 1. The Hall–Kier alpha value is -2.59. The van der Waals surface area contributed by atoms with Crippen molar-refractivity contribution in [2.75, 3.05) is 5.73 Å². The molecule has 0 aliphatic rings. The number of hydrogen-bond donors (Lipinski definition) is 1. The number of nitrogen functional groups attached to an aromatic ring is 1. The fraction of sp³-hybridized carbons (Fsp3) is 0.200. The summed E-state index contributed by atoms with van der Waals surface area (Å²) >= 11 is 0. The predicted octanol–water partition coefficient (Wildman–Crippen LogP) is 6.12. The highest BCUT2D eigenvalue weighted by molar-refractivity contribution is 5.59. The number of hydrogen-bond acceptors (Lipinski definition) is 2. The highest BCUT2D eigenvalue weighted by atomic mass is 19.4. The van der Waals surface area contributed by atoms with Gasteiger partial charge in [0.25, 0.3) is 0 Å². The summed E-state index contributed by atoms with van der Waals surface area (Å²) in [5.41, 5.74) is -1.52. The molecule has 0 amide bonds. The maximum atomic E-state index is 13.2. The maximum absolute atomic E-state index is 13.2. The third-order valence-corrected chi connectivity index (χ3v) is 3.18. The molecule has 0 spiro atoms. The van der Waals surface area contributed by atoms with Crippen molar-refractivity contribution in [2.24, 2.45) is 0 Å². The van der Waals surface area contributed by atoms with Crippen molar-refractivity contribution >= 4 is 5.69 Å². The minimum absolute atomic E-state index is 0.513. The normalized spacial score (nSPS) is 13.0. The Bertz CT molecular complexity index is 789. The van der Waals surface area contributed by atoms with Crippen LogP contribution in [0.3, 0.4) is 0 Å². The number of alkyl halides is 9. The Kier molecular flexibility index (Phi) is 4.77. The molecule has 0 aliphatic carbocycles. The summed E-state index contributed by atoms with van der Waals surface area (Å²) in [6.45, 7) is 0. The molecule has 0 saturated heterocycles. The molecule has 11 heteroatoms. The number of rotatable bonds is 2. The molecule has 0 heterocycles. The van der Waals surface area contributed by atoms with Crippen molar-refractivity contribution < 1.29 is 44.3 Å². The molecule has 2 aromatic rings. The van der Waals surface area contributed by atoms with E-state index in [4.69, 9.17) is 10.5 Å². The van der Waals surface area contributed by atoms with Gasteiger partial charge in [0.05, 0.1) is 11.1 Å². The van der Waals surface area contributed by atoms with E-state index in [0.717, 1.165) is 0 Å². The van der Waals surface area contributed by atoms with E-state index >= 15 is 0 Å². The van der Waals surface area contributed by atoms with Gasteiger partial charge in [-0.1, -0.05) is 0 Å². The third kappa shape index (κ3) is 4.14. The molecule has 0 aliphatic heterocycles. The number of benzene rings is 2. The molecule has 0 saturated carbocycles. The average Bonchev–Trinajstić information content (AvgIpc) is 2.46. The van der Waals surface area contributed by atoms with Crippen LogP contribution in [0, 0.1) is 0 Å². The lowest BCUT2D eigenvalue weighted by Gasteiger charge is -2.21. The monoisotopic (exact) mass is 389 g/mol. The van der Waals surface area contributed by atoms with Crippen molar-refractivity contribution in [3.05, 3.63) is 53.1 Å². The smallest absolute Gasteiger partial charge is 0.420 e. The van der Waals surface area contributed by atoms with Crippen molar-refractivity contribution in [2.45, 2.75) is 18.5 Å². The quantitative estimate of drug-likeness (QED) is 0.496. The third-order valence-electron chi connectivity index (χ3n) is 3.18. The summed E-state index contributed by atoms with van der Waals surface area (Å²) in [6, 6.07) is 3.54. The Balaban J connectivity index is 2.54. The second-order valence-electron chi connectivity index (χ2n) is 5.02. The van der Waals surface area contributed by atoms with Gasteiger partial charge in [-0.3, -0.25) is 0 Å². The predicted molar refractivity (Wildman–Crippen MR) is 72.4 cm³/mol. The lowest BCUT2D eigenvalue weighted by atomic mass is 10.0. The van der Waals surface area contributed by atoms with Crippen molar-refractivity contribution in [1.29, 1.82) is 0 Å². The van der Waals surface area contributed by atoms with Crippen LogP contribution in [0.2, 0.25) is 0 Å². The van der Waals surface area contributed by atoms with Crippen molar-refractivity contribution in [3.63, 3.8) is 0 Å². The molecule has 0 fully saturated rings. The SMILES string of the molecule is Nc1ccc(Oc2ccc(C(F)(F)F)cc2)c(C(F)(F)F)c1C(F)(F)F. The topological polar surface area (TPSA) is 35.2 Å². The minimum Gasteiger partial charge on any atom is -0.457 e. The Morgan fingerprint density at radius 1 is 0.615 bits per heavy atom. The summed E-state index contributed by atoms with van der Waals surface area (Å²) in [6.07, 6.45) is -15.6. The van der Waals surface area contributed by atoms with Crippen molar-refractivity contribution in [1.82, 2.24) is 0 Å². The molecule has 26 heavy (non-hydrogen) atoms. The zero-order valence-corrected chi connectivity index (χ0v) is 12.4. The van der Waals surface area contributed by atoms with Crippen LogP contribution in [0.5, 0.6) is 11.5 Å². The van der Waals surface area contributed by atoms with Gasteiger partial charge >= 0.3 is 18.5 Å². The van der Waals surface area contributed by atoms with E-state index in [-0.39, 0.29) is 0 Å². The van der Waals surface area contributed by atoms with Crippen LogP contribution >= 0.6 is 0 Å². The molecule has 142 valence electrons. The molecule has 2 N–H and O–H groups in total. The molecule has 2 nitrogen and oxygen atoms in total. The lowest BCUT2D eigenvalue weighted by Crippen LogP contribution is -2.19. The number of ether oxygens (including phenoxy) is 1. The van der Waals surface area contributed by atoms with Gasteiger partial charge < -0.3 is 10.5 Å². The molecular weight excluding hydrogens is 381 g/mol. The summed E-state index contributed by atoms with van der Waals surface area (Å²) in [4.78, 5) is 0. The molecule has 0 bridgehead atoms. The molecule has 2 rings (SSSR count). The van der Waals surface area contributed by atoms with Gasteiger partial charge in [0.15, 0.2) is 0 Å². The number of halogens is 9. The highest BCUT2D eigenvalue weighted by Crippen LogP contribution is 2.48. The molecule has 0 unspecified atom stereocenters. The van der Waals surface area contributed by atoms with E-state index in [9.17, 15) is 39.5 Å². The summed E-state index contributed by atoms with van der Waals surface area (Å²) in [5.74, 6) is -1.75. The zero-order valence-electron chi connectivity index (χ0n) is 12.4. The van der Waals surface area contributed by atoms with E-state index in [0.29, 0.717) is 36.4 Å². The second kappa shape index (κ2) is 6.29. The van der Waals surface area contributed by atoms with Gasteiger partial charge in [-0.2, -0.15) is 39.5 Å². The molecule has 2 aromatic carbocycles. The first kappa shape index (κ1) is 19.7. The minimum atomic E-state index is -5.47. The van der Waals surface area contributed by atoms with Gasteiger partial charge in [0, 0.05) is 5.69 Å². The molecule has 0 aromatic heterocycles. The summed E-state index contributed by atoms with van der Waals surface area (Å²) in [5, 5.41) is 0. The zero-order chi connectivity index (χ0) is 19.9. The summed E-state index contributed by atoms with van der Waals surface area (Å²) in [7, 11) is 0. The van der Waals surface area contributed by atoms with Crippen LogP contribution in [0.1, 0.15) is 16.7 Å². The van der Waals surface area contributed by atoms with Crippen LogP contribution in [0.15, 0.2) is 36.4 Å². The fourth-order valence-corrected chi connectivity index (χ4v) is 2.11. The van der Waals surface area contributed by atoms with Gasteiger partial charge in [0.1, 0.15) is 17.1 Å². The summed E-state index contributed by atoms with van der Waals surface area (Å²) < 4.78 is 121. The van der Waals surface area contributed by atoms with Gasteiger partial charge in [-0.25, -0.2) is 0 Å². The van der Waals surface area contributed by atoms with E-state index in [1.54, 1.807) is 0 Å². The highest BCUT2D eigenvalue weighted by Gasteiger charge is 2.47. The van der Waals surface area contributed by atoms with Gasteiger partial charge in [-0.05, 0) is 36.4 Å².